The number of rotatable bonds is 42. The monoisotopic (exact) mass is 895 g/mol. The third-order valence-electron chi connectivity index (χ3n) is 9.01. The van der Waals surface area contributed by atoms with Gasteiger partial charge in [-0.25, -0.2) is 4.79 Å². The van der Waals surface area contributed by atoms with E-state index in [0.29, 0.717) is 71.5 Å². The lowest BCUT2D eigenvalue weighted by Crippen LogP contribution is -2.42. The normalized spacial score (nSPS) is 11.3. The lowest BCUT2D eigenvalue weighted by Gasteiger charge is -2.14. The second-order valence-electron chi connectivity index (χ2n) is 14.2. The van der Waals surface area contributed by atoms with Gasteiger partial charge in [-0.2, -0.15) is 0 Å². The number of unbranched alkanes of at least 4 members (excludes halogenated alkanes) is 16. The van der Waals surface area contributed by atoms with Gasteiger partial charge in [-0.1, -0.05) is 106 Å². The smallest absolute Gasteiger partial charge is 0.326 e. The van der Waals surface area contributed by atoms with Crippen molar-refractivity contribution in [1.29, 1.82) is 0 Å². The fourth-order valence-electron chi connectivity index (χ4n) is 5.68. The largest absolute Gasteiger partial charge is 0.481 e. The third kappa shape index (κ3) is 46.0. The number of hydrogen-bond donors (Lipinski definition) is 5. The average Bonchev–Trinajstić information content (AvgIpc) is 3.20. The number of halogens is 1. The number of alkyl halides is 1. The summed E-state index contributed by atoms with van der Waals surface area (Å²) in [6, 6.07) is -1.01. The number of nitrogens with one attached hydrogen (secondary N) is 3. The molecule has 0 fully saturated rings. The van der Waals surface area contributed by atoms with E-state index in [1.807, 2.05) is 6.92 Å². The van der Waals surface area contributed by atoms with E-state index >= 15 is 0 Å². The van der Waals surface area contributed by atoms with Crippen molar-refractivity contribution in [2.75, 3.05) is 71.8 Å². The summed E-state index contributed by atoms with van der Waals surface area (Å²) < 4.78 is 20.8. The molecule has 5 N–H and O–H groups in total. The maximum atomic E-state index is 11.9. The molecule has 340 valence electrons. The SMILES string of the molecule is CCOCCOCC(=O)CCCOCCOCC(=O)N[C@@H](CCCCNC(=O)CBr)C(=O)O.CNC(=O)CCCCCCCCCCCCCCCCCCC(=O)O. The van der Waals surface area contributed by atoms with Crippen LogP contribution in [0.3, 0.4) is 0 Å². The van der Waals surface area contributed by atoms with Crippen LogP contribution in [0.15, 0.2) is 0 Å². The zero-order chi connectivity index (χ0) is 43.3. The zero-order valence-electron chi connectivity index (χ0n) is 35.8. The van der Waals surface area contributed by atoms with Crippen LogP contribution in [0.2, 0.25) is 0 Å². The molecule has 16 heteroatoms. The number of carbonyl (C=O) groups is 6. The number of amides is 3. The number of ether oxygens (including phenoxy) is 4. The van der Waals surface area contributed by atoms with Crippen molar-refractivity contribution in [3.63, 3.8) is 0 Å². The average molecular weight is 897 g/mol. The van der Waals surface area contributed by atoms with Crippen LogP contribution >= 0.6 is 15.9 Å². The molecule has 0 saturated heterocycles. The number of ketones is 1. The molecule has 3 amide bonds. The van der Waals surface area contributed by atoms with Crippen molar-refractivity contribution < 1.29 is 57.9 Å². The molecule has 0 aliphatic rings. The Kier molecular flexibility index (Phi) is 45.0. The topological polar surface area (TPSA) is 216 Å². The lowest BCUT2D eigenvalue weighted by atomic mass is 10.0. The minimum atomic E-state index is -1.12. The van der Waals surface area contributed by atoms with Crippen LogP contribution in [0, 0.1) is 0 Å². The van der Waals surface area contributed by atoms with Crippen LogP contribution in [-0.2, 0) is 47.7 Å². The highest BCUT2D eigenvalue weighted by Crippen LogP contribution is 2.14. The first-order valence-corrected chi connectivity index (χ1v) is 22.8. The summed E-state index contributed by atoms with van der Waals surface area (Å²) in [5.74, 6) is -2.28. The Morgan fingerprint density at radius 2 is 1.03 bits per heavy atom. The Balaban J connectivity index is 0. The predicted octanol–water partition coefficient (Wildman–Crippen LogP) is 6.51. The number of carboxylic acid groups (broad SMARTS) is 2. The maximum Gasteiger partial charge on any atom is 0.326 e. The van der Waals surface area contributed by atoms with E-state index in [0.717, 1.165) is 19.3 Å². The van der Waals surface area contributed by atoms with Gasteiger partial charge in [-0.3, -0.25) is 24.0 Å². The van der Waals surface area contributed by atoms with E-state index in [-0.39, 0.29) is 55.8 Å². The van der Waals surface area contributed by atoms with Crippen LogP contribution in [0.25, 0.3) is 0 Å². The molecule has 1 atom stereocenters. The van der Waals surface area contributed by atoms with Gasteiger partial charge in [-0.05, 0) is 45.4 Å². The van der Waals surface area contributed by atoms with Gasteiger partial charge >= 0.3 is 11.9 Å². The second kappa shape index (κ2) is 45.4. The van der Waals surface area contributed by atoms with Crippen molar-refractivity contribution in [1.82, 2.24) is 16.0 Å². The second-order valence-corrected chi connectivity index (χ2v) is 14.8. The van der Waals surface area contributed by atoms with Gasteiger partial charge in [-0.15, -0.1) is 0 Å². The Hall–Kier alpha value is -2.66. The maximum absolute atomic E-state index is 11.9. The van der Waals surface area contributed by atoms with Crippen molar-refractivity contribution in [3.05, 3.63) is 0 Å². The first-order valence-electron chi connectivity index (χ1n) is 21.7. The molecule has 0 radical (unpaired) electrons. The van der Waals surface area contributed by atoms with E-state index in [9.17, 15) is 33.9 Å². The number of hydrogen-bond acceptors (Lipinski definition) is 10. The lowest BCUT2D eigenvalue weighted by molar-refractivity contribution is -0.143. The van der Waals surface area contributed by atoms with Gasteiger partial charge in [0.25, 0.3) is 0 Å². The first-order chi connectivity index (χ1) is 28.1. The van der Waals surface area contributed by atoms with Gasteiger partial charge in [0.2, 0.25) is 17.7 Å². The van der Waals surface area contributed by atoms with Crippen LogP contribution in [0.4, 0.5) is 0 Å². The van der Waals surface area contributed by atoms with Crippen molar-refractivity contribution >= 4 is 51.4 Å². The fourth-order valence-corrected chi connectivity index (χ4v) is 5.88. The van der Waals surface area contributed by atoms with E-state index < -0.39 is 23.9 Å². The molecule has 58 heavy (non-hydrogen) atoms. The van der Waals surface area contributed by atoms with Crippen molar-refractivity contribution in [3.8, 4) is 0 Å². The molecule has 0 aromatic carbocycles. The van der Waals surface area contributed by atoms with Crippen LogP contribution < -0.4 is 16.0 Å². The summed E-state index contributed by atoms with van der Waals surface area (Å²) in [7, 11) is 1.70. The quantitative estimate of drug-likeness (QED) is 0.0328. The third-order valence-corrected chi connectivity index (χ3v) is 9.52. The molecule has 0 aromatic rings. The minimum Gasteiger partial charge on any atom is -0.481 e. The van der Waals surface area contributed by atoms with Crippen molar-refractivity contribution in [2.24, 2.45) is 0 Å². The van der Waals surface area contributed by atoms with Crippen LogP contribution in [0.5, 0.6) is 0 Å². The molecule has 0 aliphatic carbocycles. The summed E-state index contributed by atoms with van der Waals surface area (Å²) in [5.41, 5.74) is 0. The Bertz CT molecular complexity index is 1040. The summed E-state index contributed by atoms with van der Waals surface area (Å²) in [6.07, 6.45) is 23.3. The molecular formula is C42H78BrN3O12. The molecule has 0 aliphatic heterocycles. The highest BCUT2D eigenvalue weighted by atomic mass is 79.9. The molecule has 0 unspecified atom stereocenters. The van der Waals surface area contributed by atoms with E-state index in [2.05, 4.69) is 31.9 Å². The molecule has 0 aromatic heterocycles. The highest BCUT2D eigenvalue weighted by Gasteiger charge is 2.19. The first kappa shape index (κ1) is 57.4. The fraction of sp³-hybridized carbons (Fsp3) is 0.857. The van der Waals surface area contributed by atoms with Crippen molar-refractivity contribution in [2.45, 2.75) is 161 Å². The molecule has 0 saturated carbocycles. The predicted molar refractivity (Wildman–Crippen MR) is 228 cm³/mol. The number of carbonyl (C=O) groups excluding carboxylic acids is 4. The Labute approximate surface area is 356 Å². The van der Waals surface area contributed by atoms with E-state index in [4.69, 9.17) is 24.1 Å². The summed E-state index contributed by atoms with van der Waals surface area (Å²) in [4.78, 5) is 67.3. The molecule has 0 rings (SSSR count). The van der Waals surface area contributed by atoms with Crippen LogP contribution in [0.1, 0.15) is 155 Å². The molecule has 0 bridgehead atoms. The zero-order valence-corrected chi connectivity index (χ0v) is 37.4. The number of aliphatic carboxylic acids is 2. The summed E-state index contributed by atoms with van der Waals surface area (Å²) in [6.45, 7) is 4.44. The van der Waals surface area contributed by atoms with Gasteiger partial charge in [0.15, 0.2) is 5.78 Å². The Morgan fingerprint density at radius 1 is 0.534 bits per heavy atom. The summed E-state index contributed by atoms with van der Waals surface area (Å²) in [5, 5.41) is 25.8. The Morgan fingerprint density at radius 3 is 1.53 bits per heavy atom. The minimum absolute atomic E-state index is 0.000287. The van der Waals surface area contributed by atoms with Gasteiger partial charge in [0.05, 0.1) is 31.8 Å². The van der Waals surface area contributed by atoms with Gasteiger partial charge in [0, 0.05) is 46.1 Å². The van der Waals surface area contributed by atoms with Crippen LogP contribution in [-0.4, -0.2) is 123 Å². The standard InChI is InChI=1S/C21H37BrN2O9.C21H41NO3/c1-2-30-10-12-32-15-17(25)6-5-9-31-11-13-33-16-20(27)24-18(21(28)29)7-3-4-8-23-19(26)14-22;1-22-20(23)18-16-14-12-10-8-6-4-2-3-5-7-9-11-13-15-17-19-21(24)25/h18H,2-16H2,1H3,(H,23,26)(H,24,27)(H,28,29);2-19H2,1H3,(H,22,23)(H,24,25)/t18-;/m0./s1. The van der Waals surface area contributed by atoms with Gasteiger partial charge < -0.3 is 45.1 Å². The van der Waals surface area contributed by atoms with E-state index in [1.54, 1.807) is 7.05 Å². The molecule has 0 heterocycles. The highest BCUT2D eigenvalue weighted by molar-refractivity contribution is 9.09. The molecule has 0 spiro atoms. The van der Waals surface area contributed by atoms with Gasteiger partial charge in [0.1, 0.15) is 19.3 Å². The van der Waals surface area contributed by atoms with E-state index in [1.165, 1.54) is 83.5 Å². The molecule has 15 nitrogen and oxygen atoms in total. The number of Topliss-reactive ketones (excluding diaryl/α,β-unsaturated/α-hetero) is 1. The number of carboxylic acids is 2. The molecular weight excluding hydrogens is 818 g/mol. The summed E-state index contributed by atoms with van der Waals surface area (Å²) >= 11 is 3.04.